The van der Waals surface area contributed by atoms with Gasteiger partial charge in [-0.3, -0.25) is 4.79 Å². The Kier molecular flexibility index (Phi) is 7.24. The van der Waals surface area contributed by atoms with Crippen LogP contribution in [0.15, 0.2) is 0 Å². The fraction of sp³-hybridized carbons (Fsp3) is 0.700. The van der Waals surface area contributed by atoms with Crippen molar-refractivity contribution in [3.05, 3.63) is 6.61 Å². The molecule has 14 heavy (non-hydrogen) atoms. The van der Waals surface area contributed by atoms with E-state index in [0.29, 0.717) is 12.8 Å². The van der Waals surface area contributed by atoms with Gasteiger partial charge in [0.1, 0.15) is 12.4 Å². The first-order valence-electron chi connectivity index (χ1n) is 4.73. The normalized spacial score (nSPS) is 14.8. The van der Waals surface area contributed by atoms with Crippen LogP contribution in [0.1, 0.15) is 32.6 Å². The summed E-state index contributed by atoms with van der Waals surface area (Å²) in [6.45, 7) is 2.63. The van der Waals surface area contributed by atoms with Gasteiger partial charge in [0, 0.05) is 12.8 Å². The van der Waals surface area contributed by atoms with Crippen LogP contribution < -0.4 is 0 Å². The Morgan fingerprint density at radius 2 is 2.07 bits per heavy atom. The predicted octanol–water partition coefficient (Wildman–Crippen LogP) is 0.846. The van der Waals surface area contributed by atoms with Crippen molar-refractivity contribution in [3.63, 3.8) is 0 Å². The van der Waals surface area contributed by atoms with E-state index in [9.17, 15) is 14.7 Å². The molecule has 2 unspecified atom stereocenters. The number of rotatable bonds is 8. The second kappa shape index (κ2) is 7.64. The van der Waals surface area contributed by atoms with E-state index >= 15 is 0 Å². The second-order valence-corrected chi connectivity index (χ2v) is 3.35. The van der Waals surface area contributed by atoms with Crippen LogP contribution in [-0.2, 0) is 9.59 Å². The molecule has 0 aromatic heterocycles. The fourth-order valence-corrected chi connectivity index (χ4v) is 1.16. The van der Waals surface area contributed by atoms with Crippen LogP contribution in [0.4, 0.5) is 0 Å². The van der Waals surface area contributed by atoms with Crippen molar-refractivity contribution in [2.45, 2.75) is 38.7 Å². The molecule has 0 aromatic rings. The molecule has 0 bridgehead atoms. The van der Waals surface area contributed by atoms with Gasteiger partial charge in [0.15, 0.2) is 5.78 Å². The molecule has 0 aliphatic rings. The summed E-state index contributed by atoms with van der Waals surface area (Å²) in [5.74, 6) is -0.486. The van der Waals surface area contributed by atoms with E-state index in [1.54, 1.807) is 6.92 Å². The molecule has 81 valence electrons. The number of aldehydes is 1. The van der Waals surface area contributed by atoms with Gasteiger partial charge < -0.3 is 15.0 Å². The number of Topliss-reactive ketones (excluding diaryl/α,β-unsaturated/α-hetero) is 1. The minimum atomic E-state index is -1.02. The van der Waals surface area contributed by atoms with Gasteiger partial charge in [0.2, 0.25) is 0 Å². The number of carbonyl (C=O) groups excluding carboxylic acids is 2. The van der Waals surface area contributed by atoms with Gasteiger partial charge in [0.25, 0.3) is 0 Å². The molecule has 1 radical (unpaired) electrons. The molecule has 0 aliphatic carbocycles. The lowest BCUT2D eigenvalue weighted by Gasteiger charge is -2.16. The topological polar surface area (TPSA) is 74.6 Å². The van der Waals surface area contributed by atoms with Crippen molar-refractivity contribution in [1.82, 2.24) is 0 Å². The van der Waals surface area contributed by atoms with Gasteiger partial charge in [-0.05, 0) is 18.8 Å². The average Bonchev–Trinajstić information content (AvgIpc) is 2.21. The first kappa shape index (κ1) is 13.3. The number of ketones is 1. The molecular formula is C10H17O4. The number of hydrogen-bond acceptors (Lipinski definition) is 4. The maximum atomic E-state index is 11.2. The van der Waals surface area contributed by atoms with Gasteiger partial charge in [0.05, 0.1) is 6.61 Å². The molecule has 0 saturated heterocycles. The summed E-state index contributed by atoms with van der Waals surface area (Å²) >= 11 is 0. The molecule has 0 rings (SSSR count). The van der Waals surface area contributed by atoms with Crippen LogP contribution in [-0.4, -0.2) is 28.4 Å². The smallest absolute Gasteiger partial charge is 0.161 e. The fourth-order valence-electron chi connectivity index (χ4n) is 1.16. The first-order chi connectivity index (χ1) is 6.63. The zero-order valence-electron chi connectivity index (χ0n) is 8.35. The first-order valence-corrected chi connectivity index (χ1v) is 4.73. The van der Waals surface area contributed by atoms with Crippen LogP contribution >= 0.6 is 0 Å². The van der Waals surface area contributed by atoms with Crippen LogP contribution in [0.25, 0.3) is 0 Å². The molecule has 2 N–H and O–H groups in total. The molecule has 0 aromatic carbocycles. The highest BCUT2D eigenvalue weighted by molar-refractivity contribution is 5.83. The van der Waals surface area contributed by atoms with Gasteiger partial charge in [-0.1, -0.05) is 6.92 Å². The van der Waals surface area contributed by atoms with Gasteiger partial charge in [-0.25, -0.2) is 0 Å². The summed E-state index contributed by atoms with van der Waals surface area (Å²) in [6, 6.07) is 0. The molecule has 0 fully saturated rings. The van der Waals surface area contributed by atoms with E-state index in [2.05, 4.69) is 0 Å². The van der Waals surface area contributed by atoms with Crippen molar-refractivity contribution in [2.75, 3.05) is 0 Å². The minimum Gasteiger partial charge on any atom is -0.390 e. The molecule has 2 atom stereocenters. The van der Waals surface area contributed by atoms with E-state index in [4.69, 9.17) is 5.11 Å². The zero-order chi connectivity index (χ0) is 11.0. The molecule has 0 aliphatic heterocycles. The Hall–Kier alpha value is -0.740. The highest BCUT2D eigenvalue weighted by Crippen LogP contribution is 2.13. The Balaban J connectivity index is 3.83. The quantitative estimate of drug-likeness (QED) is 0.571. The third-order valence-electron chi connectivity index (χ3n) is 2.13. The number of aliphatic hydroxyl groups is 2. The summed E-state index contributed by atoms with van der Waals surface area (Å²) in [5.41, 5.74) is 0. The maximum Gasteiger partial charge on any atom is 0.161 e. The predicted molar refractivity (Wildman–Crippen MR) is 50.9 cm³/mol. The standard InChI is InChI=1S/C10H17O4/c1-8(4-2-6-11)10(14)9(13)5-3-7-12/h6-8,10,12,14H,2-5H2,1H3. The van der Waals surface area contributed by atoms with E-state index < -0.39 is 6.10 Å². The van der Waals surface area contributed by atoms with E-state index in [1.807, 2.05) is 0 Å². The van der Waals surface area contributed by atoms with Crippen molar-refractivity contribution in [2.24, 2.45) is 5.92 Å². The van der Waals surface area contributed by atoms with Crippen LogP contribution in [0.2, 0.25) is 0 Å². The monoisotopic (exact) mass is 201 g/mol. The highest BCUT2D eigenvalue weighted by atomic mass is 16.3. The number of hydrogen-bond donors (Lipinski definition) is 2. The zero-order valence-corrected chi connectivity index (χ0v) is 8.35. The van der Waals surface area contributed by atoms with E-state index in [1.165, 1.54) is 0 Å². The Labute approximate surface area is 83.9 Å². The minimum absolute atomic E-state index is 0.142. The summed E-state index contributed by atoms with van der Waals surface area (Å²) in [7, 11) is 0. The van der Waals surface area contributed by atoms with Crippen molar-refractivity contribution in [1.29, 1.82) is 0 Å². The summed E-state index contributed by atoms with van der Waals surface area (Å²) < 4.78 is 0. The van der Waals surface area contributed by atoms with Gasteiger partial charge in [-0.15, -0.1) is 0 Å². The van der Waals surface area contributed by atoms with Crippen molar-refractivity contribution >= 4 is 12.1 Å². The molecule has 4 heteroatoms. The molecule has 0 heterocycles. The maximum absolute atomic E-state index is 11.2. The summed E-state index contributed by atoms with van der Waals surface area (Å²) in [4.78, 5) is 21.3. The third-order valence-corrected chi connectivity index (χ3v) is 2.13. The Morgan fingerprint density at radius 1 is 1.43 bits per heavy atom. The highest BCUT2D eigenvalue weighted by Gasteiger charge is 2.20. The Morgan fingerprint density at radius 3 is 2.57 bits per heavy atom. The lowest BCUT2D eigenvalue weighted by molar-refractivity contribution is -0.130. The average molecular weight is 201 g/mol. The van der Waals surface area contributed by atoms with Crippen LogP contribution in [0.5, 0.6) is 0 Å². The van der Waals surface area contributed by atoms with E-state index in [-0.39, 0.29) is 24.5 Å². The number of carbonyl (C=O) groups is 2. The molecule has 0 spiro atoms. The van der Waals surface area contributed by atoms with Crippen LogP contribution in [0.3, 0.4) is 0 Å². The molecular weight excluding hydrogens is 184 g/mol. The molecule has 0 saturated carbocycles. The largest absolute Gasteiger partial charge is 0.390 e. The second-order valence-electron chi connectivity index (χ2n) is 3.35. The third kappa shape index (κ3) is 5.09. The van der Waals surface area contributed by atoms with Gasteiger partial charge in [-0.2, -0.15) is 0 Å². The summed E-state index contributed by atoms with van der Waals surface area (Å²) in [6.07, 6.45) is 1.03. The lowest BCUT2D eigenvalue weighted by Crippen LogP contribution is -2.27. The van der Waals surface area contributed by atoms with Gasteiger partial charge >= 0.3 is 0 Å². The number of aliphatic hydroxyl groups excluding tert-OH is 2. The van der Waals surface area contributed by atoms with Crippen molar-refractivity contribution < 1.29 is 19.8 Å². The van der Waals surface area contributed by atoms with Crippen molar-refractivity contribution in [3.8, 4) is 0 Å². The van der Waals surface area contributed by atoms with E-state index in [0.717, 1.165) is 12.9 Å². The Bertz CT molecular complexity index is 179. The SMILES string of the molecule is CC(CCC=O)C(O)C(=O)CC[CH]O. The molecule has 4 nitrogen and oxygen atoms in total. The van der Waals surface area contributed by atoms with Crippen LogP contribution in [0, 0.1) is 12.5 Å². The summed E-state index contributed by atoms with van der Waals surface area (Å²) in [5, 5.41) is 17.9. The molecule has 0 amide bonds. The lowest BCUT2D eigenvalue weighted by atomic mass is 9.94.